The molecule has 35 heavy (non-hydrogen) atoms. The highest BCUT2D eigenvalue weighted by Crippen LogP contribution is 2.41. The summed E-state index contributed by atoms with van der Waals surface area (Å²) in [6.45, 7) is 1.50. The van der Waals surface area contributed by atoms with E-state index in [0.29, 0.717) is 17.2 Å². The number of hydrogen-bond acceptors (Lipinski definition) is 5. The van der Waals surface area contributed by atoms with Gasteiger partial charge in [-0.15, -0.1) is 10.2 Å². The van der Waals surface area contributed by atoms with Crippen molar-refractivity contribution in [2.75, 3.05) is 10.6 Å². The first-order valence-corrected chi connectivity index (χ1v) is 12.5. The van der Waals surface area contributed by atoms with Crippen molar-refractivity contribution in [1.29, 1.82) is 0 Å². The third kappa shape index (κ3) is 5.60. The number of rotatable bonds is 8. The maximum atomic E-state index is 12.7. The summed E-state index contributed by atoms with van der Waals surface area (Å²) in [6, 6.07) is 24.8. The first-order chi connectivity index (χ1) is 17.1. The second kappa shape index (κ2) is 10.1. The van der Waals surface area contributed by atoms with Crippen molar-refractivity contribution in [3.63, 3.8) is 0 Å². The molecule has 5 rings (SSSR count). The lowest BCUT2D eigenvalue weighted by Gasteiger charge is -2.12. The molecule has 0 spiro atoms. The van der Waals surface area contributed by atoms with E-state index in [1.54, 1.807) is 11.8 Å². The van der Waals surface area contributed by atoms with Gasteiger partial charge >= 0.3 is 0 Å². The van der Waals surface area contributed by atoms with Crippen LogP contribution < -0.4 is 10.6 Å². The zero-order valence-corrected chi connectivity index (χ0v) is 20.1. The van der Waals surface area contributed by atoms with Crippen LogP contribution in [0.1, 0.15) is 47.4 Å². The number of thioether (sulfide) groups is 1. The summed E-state index contributed by atoms with van der Waals surface area (Å²) in [7, 11) is 0. The minimum Gasteiger partial charge on any atom is -0.326 e. The summed E-state index contributed by atoms with van der Waals surface area (Å²) >= 11 is 1.58. The topological polar surface area (TPSA) is 88.9 Å². The van der Waals surface area contributed by atoms with Crippen LogP contribution in [0.4, 0.5) is 11.4 Å². The molecule has 0 unspecified atom stereocenters. The summed E-state index contributed by atoms with van der Waals surface area (Å²) < 4.78 is 2.08. The number of nitrogens with zero attached hydrogens (tertiary/aromatic N) is 3. The van der Waals surface area contributed by atoms with E-state index in [2.05, 4.69) is 25.4 Å². The van der Waals surface area contributed by atoms with E-state index in [9.17, 15) is 9.59 Å². The highest BCUT2D eigenvalue weighted by Gasteiger charge is 2.31. The van der Waals surface area contributed by atoms with Gasteiger partial charge in [-0.3, -0.25) is 14.2 Å². The van der Waals surface area contributed by atoms with Crippen LogP contribution in [-0.4, -0.2) is 26.6 Å². The van der Waals surface area contributed by atoms with Crippen molar-refractivity contribution < 1.29 is 9.59 Å². The molecule has 1 saturated carbocycles. The van der Waals surface area contributed by atoms with E-state index in [-0.39, 0.29) is 11.8 Å². The minimum atomic E-state index is -0.142. The van der Waals surface area contributed by atoms with Crippen molar-refractivity contribution in [2.45, 2.75) is 36.6 Å². The van der Waals surface area contributed by atoms with Gasteiger partial charge in [-0.2, -0.15) is 0 Å². The average Bonchev–Trinajstić information content (AvgIpc) is 3.62. The Hall–Kier alpha value is -3.91. The molecule has 0 aliphatic heterocycles. The minimum absolute atomic E-state index is 0.112. The number of carbonyl (C=O) groups is 2. The molecule has 1 aromatic heterocycles. The summed E-state index contributed by atoms with van der Waals surface area (Å²) in [5.41, 5.74) is 4.04. The molecule has 1 aliphatic carbocycles. The van der Waals surface area contributed by atoms with Gasteiger partial charge in [0.05, 0.1) is 5.69 Å². The van der Waals surface area contributed by atoms with E-state index in [1.165, 1.54) is 6.92 Å². The lowest BCUT2D eigenvalue weighted by molar-refractivity contribution is -0.114. The molecule has 0 bridgehead atoms. The maximum Gasteiger partial charge on any atom is 0.255 e. The number of carbonyl (C=O) groups excluding carboxylic acids is 2. The number of anilines is 2. The predicted octanol–water partition coefficient (Wildman–Crippen LogP) is 5.65. The molecular formula is C27H25N5O2S. The molecule has 176 valence electrons. The van der Waals surface area contributed by atoms with Gasteiger partial charge in [-0.05, 0) is 60.9 Å². The Balaban J connectivity index is 1.35. The Bertz CT molecular complexity index is 1370. The average molecular weight is 484 g/mol. The molecule has 0 atom stereocenters. The summed E-state index contributed by atoms with van der Waals surface area (Å²) in [4.78, 5) is 24.2. The van der Waals surface area contributed by atoms with E-state index in [1.807, 2.05) is 78.9 Å². The normalized spacial score (nSPS) is 12.8. The molecular weight excluding hydrogens is 458 g/mol. The first-order valence-electron chi connectivity index (χ1n) is 11.5. The monoisotopic (exact) mass is 483 g/mol. The number of benzene rings is 3. The second-order valence-electron chi connectivity index (χ2n) is 8.49. The summed E-state index contributed by atoms with van der Waals surface area (Å²) in [5, 5.41) is 15.5. The van der Waals surface area contributed by atoms with E-state index >= 15 is 0 Å². The van der Waals surface area contributed by atoms with Crippen LogP contribution in [0.3, 0.4) is 0 Å². The fraction of sp³-hybridized carbons (Fsp3) is 0.185. The predicted molar refractivity (Wildman–Crippen MR) is 138 cm³/mol. The van der Waals surface area contributed by atoms with Gasteiger partial charge in [0, 0.05) is 35.5 Å². The quantitative estimate of drug-likeness (QED) is 0.316. The molecule has 4 aromatic rings. The third-order valence-corrected chi connectivity index (χ3v) is 6.61. The van der Waals surface area contributed by atoms with Gasteiger partial charge in [0.2, 0.25) is 5.91 Å². The molecule has 0 radical (unpaired) electrons. The van der Waals surface area contributed by atoms with Crippen molar-refractivity contribution in [1.82, 2.24) is 14.8 Å². The second-order valence-corrected chi connectivity index (χ2v) is 9.43. The molecule has 2 N–H and O–H groups in total. The van der Waals surface area contributed by atoms with E-state index in [4.69, 9.17) is 0 Å². The largest absolute Gasteiger partial charge is 0.326 e. The van der Waals surface area contributed by atoms with Gasteiger partial charge in [-0.1, -0.05) is 48.2 Å². The maximum absolute atomic E-state index is 12.7. The van der Waals surface area contributed by atoms with Gasteiger partial charge in [0.25, 0.3) is 5.91 Å². The Morgan fingerprint density at radius 1 is 0.914 bits per heavy atom. The van der Waals surface area contributed by atoms with Crippen LogP contribution >= 0.6 is 11.8 Å². The highest BCUT2D eigenvalue weighted by molar-refractivity contribution is 7.98. The number of amides is 2. The standard InChI is InChI=1S/C27H25N5O2S/c1-18(33)28-23-11-6-12-24(16-23)32-25(20-13-14-20)30-31-27(32)35-17-19-7-5-8-21(15-19)26(34)29-22-9-3-2-4-10-22/h2-12,15-16,20H,13-14,17H2,1H3,(H,28,33)(H,29,34). The summed E-state index contributed by atoms with van der Waals surface area (Å²) in [5.74, 6) is 1.74. The zero-order valence-electron chi connectivity index (χ0n) is 19.3. The lowest BCUT2D eigenvalue weighted by Crippen LogP contribution is -2.11. The van der Waals surface area contributed by atoms with Crippen molar-refractivity contribution in [3.05, 3.63) is 95.8 Å². The van der Waals surface area contributed by atoms with Crippen LogP contribution in [0, 0.1) is 0 Å². The number of para-hydroxylation sites is 1. The van der Waals surface area contributed by atoms with Crippen molar-refractivity contribution >= 4 is 35.0 Å². The van der Waals surface area contributed by atoms with E-state index < -0.39 is 0 Å². The Labute approximate surface area is 208 Å². The van der Waals surface area contributed by atoms with Crippen molar-refractivity contribution in [3.8, 4) is 5.69 Å². The molecule has 7 nitrogen and oxygen atoms in total. The van der Waals surface area contributed by atoms with Crippen LogP contribution in [0.25, 0.3) is 5.69 Å². The SMILES string of the molecule is CC(=O)Nc1cccc(-n2c(SCc3cccc(C(=O)Nc4ccccc4)c3)nnc2C2CC2)c1. The third-order valence-electron chi connectivity index (χ3n) is 5.61. The molecule has 3 aromatic carbocycles. The number of aromatic nitrogens is 3. The van der Waals surface area contributed by atoms with Gasteiger partial charge in [0.1, 0.15) is 5.82 Å². The highest BCUT2D eigenvalue weighted by atomic mass is 32.2. The zero-order chi connectivity index (χ0) is 24.2. The number of nitrogens with one attached hydrogen (secondary N) is 2. The molecule has 1 fully saturated rings. The smallest absolute Gasteiger partial charge is 0.255 e. The van der Waals surface area contributed by atoms with Crippen LogP contribution in [-0.2, 0) is 10.5 Å². The Kier molecular flexibility index (Phi) is 6.63. The molecule has 1 heterocycles. The van der Waals surface area contributed by atoms with Crippen molar-refractivity contribution in [2.24, 2.45) is 0 Å². The van der Waals surface area contributed by atoms with Crippen LogP contribution in [0.2, 0.25) is 0 Å². The molecule has 0 saturated heterocycles. The van der Waals surface area contributed by atoms with Crippen LogP contribution in [0.15, 0.2) is 84.0 Å². The molecule has 8 heteroatoms. The fourth-order valence-electron chi connectivity index (χ4n) is 3.82. The Morgan fingerprint density at radius 3 is 2.46 bits per heavy atom. The first kappa shape index (κ1) is 22.9. The molecule has 2 amide bonds. The lowest BCUT2D eigenvalue weighted by atomic mass is 10.1. The van der Waals surface area contributed by atoms with Gasteiger partial charge < -0.3 is 10.6 Å². The summed E-state index contributed by atoms with van der Waals surface area (Å²) in [6.07, 6.45) is 2.21. The Morgan fingerprint density at radius 2 is 1.69 bits per heavy atom. The molecule has 1 aliphatic rings. The van der Waals surface area contributed by atoms with E-state index in [0.717, 1.165) is 46.4 Å². The van der Waals surface area contributed by atoms with Gasteiger partial charge in [0.15, 0.2) is 5.16 Å². The number of hydrogen-bond donors (Lipinski definition) is 2. The van der Waals surface area contributed by atoms with Gasteiger partial charge in [-0.25, -0.2) is 0 Å². The van der Waals surface area contributed by atoms with Crippen LogP contribution in [0.5, 0.6) is 0 Å². The fourth-order valence-corrected chi connectivity index (χ4v) is 4.73.